The van der Waals surface area contributed by atoms with Gasteiger partial charge in [-0.25, -0.2) is 0 Å². The monoisotopic (exact) mass is 280 g/mol. The quantitative estimate of drug-likeness (QED) is 0.418. The second-order valence-corrected chi connectivity index (χ2v) is 6.04. The first kappa shape index (κ1) is 14.4. The van der Waals surface area contributed by atoms with Gasteiger partial charge in [0.1, 0.15) is 0 Å². The van der Waals surface area contributed by atoms with E-state index < -0.39 is 0 Å². The van der Waals surface area contributed by atoms with E-state index in [0.717, 1.165) is 12.2 Å². The van der Waals surface area contributed by atoms with Crippen molar-refractivity contribution in [2.75, 3.05) is 5.75 Å². The summed E-state index contributed by atoms with van der Waals surface area (Å²) in [5, 5.41) is 9.57. The molecular formula is C11H20OSSe. The Labute approximate surface area is 99.7 Å². The van der Waals surface area contributed by atoms with Gasteiger partial charge in [-0.2, -0.15) is 0 Å². The van der Waals surface area contributed by atoms with E-state index in [9.17, 15) is 5.11 Å². The second-order valence-electron chi connectivity index (χ2n) is 3.39. The Hall–Kier alpha value is 0.439. The van der Waals surface area contributed by atoms with Crippen LogP contribution >= 0.6 is 11.8 Å². The Morgan fingerprint density at radius 1 is 1.64 bits per heavy atom. The molecule has 0 aliphatic heterocycles. The molecule has 0 aliphatic rings. The molecule has 0 aromatic rings. The fourth-order valence-electron chi connectivity index (χ4n) is 1.09. The molecule has 1 N–H and O–H groups in total. The topological polar surface area (TPSA) is 20.2 Å². The van der Waals surface area contributed by atoms with Crippen LogP contribution in [0.4, 0.5) is 0 Å². The Morgan fingerprint density at radius 3 is 2.71 bits per heavy atom. The average Bonchev–Trinajstić information content (AvgIpc) is 2.13. The van der Waals surface area contributed by atoms with Gasteiger partial charge in [0.05, 0.1) is 0 Å². The molecule has 0 aliphatic carbocycles. The molecule has 3 heteroatoms. The molecular weight excluding hydrogens is 259 g/mol. The van der Waals surface area contributed by atoms with Crippen molar-refractivity contribution in [2.45, 2.75) is 39.2 Å². The van der Waals surface area contributed by atoms with Crippen LogP contribution in [0, 0.1) is 5.92 Å². The van der Waals surface area contributed by atoms with Gasteiger partial charge in [-0.15, -0.1) is 0 Å². The van der Waals surface area contributed by atoms with E-state index in [1.165, 1.54) is 16.6 Å². The number of hydrogen-bond acceptors (Lipinski definition) is 2. The van der Waals surface area contributed by atoms with Crippen LogP contribution in [0.5, 0.6) is 0 Å². The van der Waals surface area contributed by atoms with E-state index >= 15 is 0 Å². The predicted octanol–water partition coefficient (Wildman–Crippen LogP) is 2.39. The molecule has 82 valence electrons. The summed E-state index contributed by atoms with van der Waals surface area (Å²) in [6, 6.07) is 0. The van der Waals surface area contributed by atoms with Crippen LogP contribution in [0.3, 0.4) is 0 Å². The third kappa shape index (κ3) is 6.02. The molecule has 0 radical (unpaired) electrons. The zero-order valence-corrected chi connectivity index (χ0v) is 11.6. The molecule has 0 bridgehead atoms. The first-order chi connectivity index (χ1) is 6.63. The van der Waals surface area contributed by atoms with Crippen molar-refractivity contribution >= 4 is 31.1 Å². The van der Waals surface area contributed by atoms with Gasteiger partial charge in [-0.1, -0.05) is 0 Å². The molecule has 0 amide bonds. The molecule has 14 heavy (non-hydrogen) atoms. The van der Waals surface area contributed by atoms with Gasteiger partial charge < -0.3 is 0 Å². The summed E-state index contributed by atoms with van der Waals surface area (Å²) in [6.07, 6.45) is 4.88. The van der Waals surface area contributed by atoms with Crippen LogP contribution in [0.2, 0.25) is 0 Å². The maximum absolute atomic E-state index is 9.57. The predicted molar refractivity (Wildman–Crippen MR) is 68.1 cm³/mol. The molecule has 0 spiro atoms. The van der Waals surface area contributed by atoms with Crippen LogP contribution in [-0.4, -0.2) is 36.3 Å². The fraction of sp³-hybridized carbons (Fsp3) is 0.727. The Bertz CT molecular complexity index is 180. The molecule has 0 aromatic carbocycles. The van der Waals surface area contributed by atoms with Crippen LogP contribution in [-0.2, 0) is 0 Å². The number of thioether (sulfide) groups is 1. The molecule has 0 fully saturated rings. The van der Waals surface area contributed by atoms with E-state index in [0.29, 0.717) is 0 Å². The molecule has 0 rings (SSSR count). The van der Waals surface area contributed by atoms with Crippen LogP contribution in [0.25, 0.3) is 0 Å². The molecule has 0 saturated heterocycles. The Balaban J connectivity index is 3.95. The number of rotatable bonds is 8. The summed E-state index contributed by atoms with van der Waals surface area (Å²) in [7, 11) is 0. The first-order valence-electron chi connectivity index (χ1n) is 5.09. The number of hydrogen-bond donors (Lipinski definition) is 1. The second kappa shape index (κ2) is 8.72. The van der Waals surface area contributed by atoms with Gasteiger partial charge in [-0.05, 0) is 0 Å². The molecule has 0 unspecified atom stereocenters. The van der Waals surface area contributed by atoms with Crippen LogP contribution < -0.4 is 0 Å². The first-order valence-corrected chi connectivity index (χ1v) is 6.93. The van der Waals surface area contributed by atoms with Crippen LogP contribution in [0.15, 0.2) is 12.7 Å². The van der Waals surface area contributed by atoms with Crippen molar-refractivity contribution in [2.24, 2.45) is 5.92 Å². The van der Waals surface area contributed by atoms with Crippen molar-refractivity contribution < 1.29 is 5.11 Å². The van der Waals surface area contributed by atoms with Crippen molar-refractivity contribution in [3.8, 4) is 0 Å². The van der Waals surface area contributed by atoms with Gasteiger partial charge in [0.25, 0.3) is 0 Å². The van der Waals surface area contributed by atoms with Crippen molar-refractivity contribution in [1.29, 1.82) is 0 Å². The van der Waals surface area contributed by atoms with E-state index in [-0.39, 0.29) is 12.0 Å². The van der Waals surface area contributed by atoms with E-state index in [1.54, 1.807) is 0 Å². The van der Waals surface area contributed by atoms with Crippen molar-refractivity contribution in [1.82, 2.24) is 0 Å². The minimum atomic E-state index is -0.293. The number of allylic oxidation sites excluding steroid dienone is 1. The molecule has 2 atom stereocenters. The van der Waals surface area contributed by atoms with E-state index in [2.05, 4.69) is 29.1 Å². The molecule has 0 heterocycles. The van der Waals surface area contributed by atoms with E-state index in [4.69, 9.17) is 0 Å². The van der Waals surface area contributed by atoms with Crippen molar-refractivity contribution in [3.05, 3.63) is 12.7 Å². The zero-order chi connectivity index (χ0) is 11.0. The summed E-state index contributed by atoms with van der Waals surface area (Å²) in [5.74, 6) is 1.36. The Kier molecular flexibility index (Phi) is 9.00. The standard InChI is InChI=1S/C11H20OSSe/c1-4-6-8-13-11(14)10(7-5-2)9(3)12/h5,9-10,12H,2,4,6-8H2,1,3H3/t9-,10-/m0/s1. The number of aliphatic hydroxyl groups is 1. The van der Waals surface area contributed by atoms with Gasteiger partial charge in [0.15, 0.2) is 0 Å². The molecule has 0 saturated carbocycles. The van der Waals surface area contributed by atoms with Gasteiger partial charge >= 0.3 is 99.7 Å². The summed E-state index contributed by atoms with van der Waals surface area (Å²) in [4.78, 5) is 0. The third-order valence-electron chi connectivity index (χ3n) is 2.05. The maximum atomic E-state index is 9.57. The zero-order valence-electron chi connectivity index (χ0n) is 9.03. The summed E-state index contributed by atoms with van der Waals surface area (Å²) >= 11 is 4.90. The normalized spacial score (nSPS) is 14.8. The van der Waals surface area contributed by atoms with Gasteiger partial charge in [0.2, 0.25) is 0 Å². The van der Waals surface area contributed by atoms with Gasteiger partial charge in [-0.3, -0.25) is 0 Å². The minimum absolute atomic E-state index is 0.217. The summed E-state index contributed by atoms with van der Waals surface area (Å²) < 4.78 is 1.22. The third-order valence-corrected chi connectivity index (χ3v) is 4.50. The number of unbranched alkanes of at least 4 members (excludes halogenated alkanes) is 1. The summed E-state index contributed by atoms with van der Waals surface area (Å²) in [6.45, 7) is 7.74. The Morgan fingerprint density at radius 2 is 2.29 bits per heavy atom. The SMILES string of the molecule is C=CC[C@H](C(=[Se])SCCCC)[C@H](C)O. The van der Waals surface area contributed by atoms with Gasteiger partial charge in [0, 0.05) is 0 Å². The molecule has 1 nitrogen and oxygen atoms in total. The number of aliphatic hydroxyl groups excluding tert-OH is 1. The average molecular weight is 279 g/mol. The van der Waals surface area contributed by atoms with E-state index in [1.807, 2.05) is 24.8 Å². The summed E-state index contributed by atoms with van der Waals surface area (Å²) in [5.41, 5.74) is 0. The fourth-order valence-corrected chi connectivity index (χ4v) is 3.37. The molecule has 0 aromatic heterocycles. The van der Waals surface area contributed by atoms with Crippen LogP contribution in [0.1, 0.15) is 33.1 Å². The van der Waals surface area contributed by atoms with Crippen molar-refractivity contribution in [3.63, 3.8) is 0 Å².